The fourth-order valence-electron chi connectivity index (χ4n) is 1.36. The molecule has 2 aromatic rings. The van der Waals surface area contributed by atoms with E-state index in [-0.39, 0.29) is 6.04 Å². The molecular formula is C11H13N3. The van der Waals surface area contributed by atoms with Gasteiger partial charge < -0.3 is 5.32 Å². The Labute approximate surface area is 83.1 Å². The molecule has 1 atom stereocenters. The monoisotopic (exact) mass is 187 g/mol. The SMILES string of the molecule is C=CC(C)Nc1cccc2nccn12. The molecule has 0 aliphatic carbocycles. The highest BCUT2D eigenvalue weighted by molar-refractivity contribution is 5.50. The minimum atomic E-state index is 0.253. The summed E-state index contributed by atoms with van der Waals surface area (Å²) in [5.74, 6) is 1.03. The van der Waals surface area contributed by atoms with Crippen molar-refractivity contribution in [2.45, 2.75) is 13.0 Å². The van der Waals surface area contributed by atoms with Crippen LogP contribution in [0.4, 0.5) is 5.82 Å². The second-order valence-electron chi connectivity index (χ2n) is 3.24. The van der Waals surface area contributed by atoms with E-state index < -0.39 is 0 Å². The molecule has 2 heterocycles. The number of aromatic nitrogens is 2. The van der Waals surface area contributed by atoms with Crippen LogP contribution >= 0.6 is 0 Å². The van der Waals surface area contributed by atoms with E-state index in [1.54, 1.807) is 6.20 Å². The van der Waals surface area contributed by atoms with Crippen LogP contribution in [0.5, 0.6) is 0 Å². The van der Waals surface area contributed by atoms with E-state index >= 15 is 0 Å². The Kier molecular flexibility index (Phi) is 2.23. The van der Waals surface area contributed by atoms with Crippen molar-refractivity contribution in [3.05, 3.63) is 43.2 Å². The van der Waals surface area contributed by atoms with Crippen LogP contribution in [0.2, 0.25) is 0 Å². The Morgan fingerprint density at radius 3 is 3.21 bits per heavy atom. The largest absolute Gasteiger partial charge is 0.365 e. The van der Waals surface area contributed by atoms with Crippen molar-refractivity contribution in [1.29, 1.82) is 0 Å². The van der Waals surface area contributed by atoms with Gasteiger partial charge in [-0.05, 0) is 19.1 Å². The van der Waals surface area contributed by atoms with Crippen LogP contribution < -0.4 is 5.32 Å². The number of rotatable bonds is 3. The summed E-state index contributed by atoms with van der Waals surface area (Å²) in [7, 11) is 0. The van der Waals surface area contributed by atoms with Crippen LogP contribution in [0.15, 0.2) is 43.2 Å². The second-order valence-corrected chi connectivity index (χ2v) is 3.24. The molecule has 0 spiro atoms. The number of imidazole rings is 1. The molecule has 0 amide bonds. The molecule has 2 aromatic heterocycles. The number of nitrogens with zero attached hydrogens (tertiary/aromatic N) is 2. The first-order valence-electron chi connectivity index (χ1n) is 4.62. The van der Waals surface area contributed by atoms with Crippen molar-refractivity contribution in [1.82, 2.24) is 9.38 Å². The van der Waals surface area contributed by atoms with Crippen LogP contribution in [0.3, 0.4) is 0 Å². The molecule has 0 aliphatic heterocycles. The van der Waals surface area contributed by atoms with Gasteiger partial charge in [-0.25, -0.2) is 4.98 Å². The predicted molar refractivity (Wildman–Crippen MR) is 58.5 cm³/mol. The van der Waals surface area contributed by atoms with Crippen LogP contribution in [0.25, 0.3) is 5.65 Å². The molecule has 3 heteroatoms. The molecule has 0 aliphatic rings. The number of hydrogen-bond donors (Lipinski definition) is 1. The first kappa shape index (κ1) is 8.81. The molecule has 0 saturated heterocycles. The Hall–Kier alpha value is -1.77. The summed E-state index contributed by atoms with van der Waals surface area (Å²) in [6.45, 7) is 5.80. The third kappa shape index (κ3) is 1.48. The molecule has 1 N–H and O–H groups in total. The molecular weight excluding hydrogens is 174 g/mol. The highest BCUT2D eigenvalue weighted by Gasteiger charge is 2.01. The fraction of sp³-hybridized carbons (Fsp3) is 0.182. The topological polar surface area (TPSA) is 29.3 Å². The average Bonchev–Trinajstić information content (AvgIpc) is 2.66. The predicted octanol–water partition coefficient (Wildman–Crippen LogP) is 2.32. The van der Waals surface area contributed by atoms with Gasteiger partial charge in [-0.15, -0.1) is 6.58 Å². The first-order chi connectivity index (χ1) is 6.81. The summed E-state index contributed by atoms with van der Waals surface area (Å²) < 4.78 is 2.01. The zero-order chi connectivity index (χ0) is 9.97. The van der Waals surface area contributed by atoms with Crippen LogP contribution in [0, 0.1) is 0 Å². The molecule has 2 rings (SSSR count). The Balaban J connectivity index is 2.41. The fourth-order valence-corrected chi connectivity index (χ4v) is 1.36. The number of fused-ring (bicyclic) bond motifs is 1. The van der Waals surface area contributed by atoms with Crippen molar-refractivity contribution in [2.24, 2.45) is 0 Å². The summed E-state index contributed by atoms with van der Waals surface area (Å²) in [6, 6.07) is 6.24. The lowest BCUT2D eigenvalue weighted by atomic mass is 10.3. The number of nitrogens with one attached hydrogen (secondary N) is 1. The maximum Gasteiger partial charge on any atom is 0.138 e. The van der Waals surface area contributed by atoms with Gasteiger partial charge in [-0.3, -0.25) is 4.40 Å². The maximum absolute atomic E-state index is 4.21. The lowest BCUT2D eigenvalue weighted by Crippen LogP contribution is -2.13. The smallest absolute Gasteiger partial charge is 0.138 e. The lowest BCUT2D eigenvalue weighted by molar-refractivity contribution is 0.970. The summed E-state index contributed by atoms with van der Waals surface area (Å²) >= 11 is 0. The third-order valence-electron chi connectivity index (χ3n) is 2.16. The van der Waals surface area contributed by atoms with Crippen molar-refractivity contribution in [2.75, 3.05) is 5.32 Å². The van der Waals surface area contributed by atoms with Gasteiger partial charge in [0.15, 0.2) is 0 Å². The lowest BCUT2D eigenvalue weighted by Gasteiger charge is -2.12. The molecule has 0 bridgehead atoms. The number of hydrogen-bond acceptors (Lipinski definition) is 2. The third-order valence-corrected chi connectivity index (χ3v) is 2.16. The van der Waals surface area contributed by atoms with E-state index in [4.69, 9.17) is 0 Å². The summed E-state index contributed by atoms with van der Waals surface area (Å²) in [5, 5.41) is 3.33. The Bertz CT molecular complexity index is 444. The van der Waals surface area contributed by atoms with Gasteiger partial charge in [0.25, 0.3) is 0 Å². The van der Waals surface area contributed by atoms with Gasteiger partial charge in [0.1, 0.15) is 11.5 Å². The van der Waals surface area contributed by atoms with Gasteiger partial charge in [0.05, 0.1) is 0 Å². The molecule has 0 fully saturated rings. The van der Waals surface area contributed by atoms with Gasteiger partial charge >= 0.3 is 0 Å². The summed E-state index contributed by atoms with van der Waals surface area (Å²) in [5.41, 5.74) is 0.950. The normalized spacial score (nSPS) is 12.6. The van der Waals surface area contributed by atoms with E-state index in [2.05, 4.69) is 23.8 Å². The molecule has 1 unspecified atom stereocenters. The van der Waals surface area contributed by atoms with Crippen LogP contribution in [-0.2, 0) is 0 Å². The zero-order valence-corrected chi connectivity index (χ0v) is 8.14. The zero-order valence-electron chi connectivity index (χ0n) is 8.14. The second kappa shape index (κ2) is 3.54. The summed E-state index contributed by atoms with van der Waals surface area (Å²) in [6.07, 6.45) is 5.60. The van der Waals surface area contributed by atoms with Gasteiger partial charge in [-0.1, -0.05) is 12.1 Å². The van der Waals surface area contributed by atoms with E-state index in [9.17, 15) is 0 Å². The summed E-state index contributed by atoms with van der Waals surface area (Å²) in [4.78, 5) is 4.21. The van der Waals surface area contributed by atoms with Crippen molar-refractivity contribution < 1.29 is 0 Å². The van der Waals surface area contributed by atoms with Crippen LogP contribution in [0.1, 0.15) is 6.92 Å². The first-order valence-corrected chi connectivity index (χ1v) is 4.62. The number of anilines is 1. The average molecular weight is 187 g/mol. The minimum Gasteiger partial charge on any atom is -0.365 e. The Morgan fingerprint density at radius 1 is 1.57 bits per heavy atom. The Morgan fingerprint density at radius 2 is 2.43 bits per heavy atom. The van der Waals surface area contributed by atoms with Gasteiger partial charge in [0, 0.05) is 18.4 Å². The van der Waals surface area contributed by atoms with E-state index in [1.807, 2.05) is 34.9 Å². The maximum atomic E-state index is 4.21. The quantitative estimate of drug-likeness (QED) is 0.747. The van der Waals surface area contributed by atoms with E-state index in [0.717, 1.165) is 11.5 Å². The molecule has 0 aromatic carbocycles. The van der Waals surface area contributed by atoms with Crippen LogP contribution in [-0.4, -0.2) is 15.4 Å². The van der Waals surface area contributed by atoms with Gasteiger partial charge in [0.2, 0.25) is 0 Å². The molecule has 14 heavy (non-hydrogen) atoms. The highest BCUT2D eigenvalue weighted by Crippen LogP contribution is 2.11. The molecule has 0 saturated carbocycles. The molecule has 0 radical (unpaired) electrons. The van der Waals surface area contributed by atoms with Crippen molar-refractivity contribution >= 4 is 11.5 Å². The van der Waals surface area contributed by atoms with E-state index in [0.29, 0.717) is 0 Å². The molecule has 3 nitrogen and oxygen atoms in total. The van der Waals surface area contributed by atoms with Crippen molar-refractivity contribution in [3.63, 3.8) is 0 Å². The standard InChI is InChI=1S/C11H13N3/c1-3-9(2)13-11-6-4-5-10-12-7-8-14(10)11/h3-9,13H,1H2,2H3. The van der Waals surface area contributed by atoms with Gasteiger partial charge in [-0.2, -0.15) is 0 Å². The number of pyridine rings is 1. The molecule has 72 valence electrons. The van der Waals surface area contributed by atoms with Crippen molar-refractivity contribution in [3.8, 4) is 0 Å². The van der Waals surface area contributed by atoms with E-state index in [1.165, 1.54) is 0 Å². The minimum absolute atomic E-state index is 0.253. The highest BCUT2D eigenvalue weighted by atomic mass is 15.1.